The fourth-order valence-electron chi connectivity index (χ4n) is 2.77. The van der Waals surface area contributed by atoms with Crippen LogP contribution in [0.3, 0.4) is 0 Å². The minimum atomic E-state index is -0.0910. The van der Waals surface area contributed by atoms with Crippen LogP contribution in [-0.4, -0.2) is 11.9 Å². The van der Waals surface area contributed by atoms with Gasteiger partial charge in [0, 0.05) is 11.7 Å². The molecular weight excluding hydrogens is 295 g/mol. The molecule has 20 heavy (non-hydrogen) atoms. The summed E-state index contributed by atoms with van der Waals surface area (Å²) in [5.74, 6) is 0.646. The van der Waals surface area contributed by atoms with Crippen molar-refractivity contribution in [2.24, 2.45) is 5.92 Å². The molecule has 2 atom stereocenters. The van der Waals surface area contributed by atoms with Crippen LogP contribution >= 0.6 is 24.0 Å². The zero-order valence-electron chi connectivity index (χ0n) is 11.7. The van der Waals surface area contributed by atoms with E-state index < -0.39 is 0 Å². The van der Waals surface area contributed by atoms with Crippen molar-refractivity contribution in [1.82, 2.24) is 5.32 Å². The highest BCUT2D eigenvalue weighted by molar-refractivity contribution is 6.34. The number of hydrogen-bond acceptors (Lipinski definition) is 2. The van der Waals surface area contributed by atoms with Gasteiger partial charge in [-0.2, -0.15) is 0 Å². The lowest BCUT2D eigenvalue weighted by Crippen LogP contribution is -2.38. The van der Waals surface area contributed by atoms with Crippen molar-refractivity contribution in [3.8, 4) is 0 Å². The summed E-state index contributed by atoms with van der Waals surface area (Å²) in [5, 5.41) is 3.51. The Bertz CT molecular complexity index is 465. The first-order chi connectivity index (χ1) is 9.10. The number of nitrogen functional groups attached to an aromatic ring is 1. The van der Waals surface area contributed by atoms with E-state index in [4.69, 9.17) is 17.3 Å². The third-order valence-corrected chi connectivity index (χ3v) is 4.25. The SMILES string of the molecule is CCC1CCCC(NC(=O)c2ccc(N)cc2Cl)C1.Cl. The second-order valence-corrected chi connectivity index (χ2v) is 5.76. The van der Waals surface area contributed by atoms with E-state index in [1.807, 2.05) is 0 Å². The predicted molar refractivity (Wildman–Crippen MR) is 86.6 cm³/mol. The van der Waals surface area contributed by atoms with Crippen molar-refractivity contribution in [3.63, 3.8) is 0 Å². The lowest BCUT2D eigenvalue weighted by molar-refractivity contribution is 0.0919. The fraction of sp³-hybridized carbons (Fsp3) is 0.533. The van der Waals surface area contributed by atoms with Crippen molar-refractivity contribution in [3.05, 3.63) is 28.8 Å². The number of hydrogen-bond donors (Lipinski definition) is 2. The molecule has 0 saturated heterocycles. The Morgan fingerprint density at radius 3 is 2.85 bits per heavy atom. The number of amides is 1. The van der Waals surface area contributed by atoms with Gasteiger partial charge in [0.1, 0.15) is 0 Å². The molecule has 1 fully saturated rings. The molecule has 1 aliphatic rings. The molecule has 2 unspecified atom stereocenters. The molecule has 0 spiro atoms. The van der Waals surface area contributed by atoms with Gasteiger partial charge in [-0.25, -0.2) is 0 Å². The third-order valence-electron chi connectivity index (χ3n) is 3.93. The topological polar surface area (TPSA) is 55.1 Å². The Labute approximate surface area is 131 Å². The van der Waals surface area contributed by atoms with Crippen molar-refractivity contribution in [2.75, 3.05) is 5.73 Å². The fourth-order valence-corrected chi connectivity index (χ4v) is 3.05. The number of rotatable bonds is 3. The highest BCUT2D eigenvalue weighted by Crippen LogP contribution is 2.27. The van der Waals surface area contributed by atoms with Crippen molar-refractivity contribution in [1.29, 1.82) is 0 Å². The zero-order valence-corrected chi connectivity index (χ0v) is 13.3. The summed E-state index contributed by atoms with van der Waals surface area (Å²) in [7, 11) is 0. The minimum Gasteiger partial charge on any atom is -0.399 e. The number of carbonyl (C=O) groups excluding carboxylic acids is 1. The summed E-state index contributed by atoms with van der Waals surface area (Å²) in [6, 6.07) is 5.29. The summed E-state index contributed by atoms with van der Waals surface area (Å²) < 4.78 is 0. The molecule has 0 aliphatic heterocycles. The molecule has 1 saturated carbocycles. The van der Waals surface area contributed by atoms with Gasteiger partial charge in [-0.3, -0.25) is 4.79 Å². The molecular formula is C15H22Cl2N2O. The number of anilines is 1. The van der Waals surface area contributed by atoms with E-state index >= 15 is 0 Å². The molecule has 3 nitrogen and oxygen atoms in total. The van der Waals surface area contributed by atoms with Gasteiger partial charge in [0.2, 0.25) is 0 Å². The molecule has 0 heterocycles. The van der Waals surface area contributed by atoms with Crippen molar-refractivity contribution in [2.45, 2.75) is 45.1 Å². The normalized spacial score (nSPS) is 21.9. The summed E-state index contributed by atoms with van der Waals surface area (Å²) in [6.07, 6.45) is 5.81. The summed E-state index contributed by atoms with van der Waals surface area (Å²) in [5.41, 5.74) is 6.72. The van der Waals surface area contributed by atoms with Crippen LogP contribution in [0.4, 0.5) is 5.69 Å². The molecule has 3 N–H and O–H groups in total. The Hall–Kier alpha value is -0.930. The molecule has 0 bridgehead atoms. The van der Waals surface area contributed by atoms with Crippen LogP contribution in [0.5, 0.6) is 0 Å². The second-order valence-electron chi connectivity index (χ2n) is 5.35. The quantitative estimate of drug-likeness (QED) is 0.827. The van der Waals surface area contributed by atoms with E-state index in [1.54, 1.807) is 18.2 Å². The molecule has 0 aromatic heterocycles. The largest absolute Gasteiger partial charge is 0.399 e. The van der Waals surface area contributed by atoms with Crippen LogP contribution in [-0.2, 0) is 0 Å². The smallest absolute Gasteiger partial charge is 0.253 e. The average molecular weight is 317 g/mol. The second kappa shape index (κ2) is 7.75. The monoisotopic (exact) mass is 316 g/mol. The van der Waals surface area contributed by atoms with E-state index in [1.165, 1.54) is 19.3 Å². The van der Waals surface area contributed by atoms with Gasteiger partial charge in [-0.05, 0) is 37.0 Å². The number of nitrogens with two attached hydrogens (primary N) is 1. The first-order valence-corrected chi connectivity index (χ1v) is 7.33. The molecule has 1 aromatic carbocycles. The van der Waals surface area contributed by atoms with Gasteiger partial charge in [-0.1, -0.05) is 37.8 Å². The van der Waals surface area contributed by atoms with Gasteiger partial charge in [0.05, 0.1) is 10.6 Å². The summed E-state index contributed by atoms with van der Waals surface area (Å²) in [6.45, 7) is 2.21. The van der Waals surface area contributed by atoms with Crippen LogP contribution in [0.15, 0.2) is 18.2 Å². The van der Waals surface area contributed by atoms with Crippen LogP contribution < -0.4 is 11.1 Å². The van der Waals surface area contributed by atoms with Gasteiger partial charge < -0.3 is 11.1 Å². The molecule has 5 heteroatoms. The van der Waals surface area contributed by atoms with E-state index in [2.05, 4.69) is 12.2 Å². The first-order valence-electron chi connectivity index (χ1n) is 6.96. The minimum absolute atomic E-state index is 0. The Morgan fingerprint density at radius 1 is 1.45 bits per heavy atom. The number of halogens is 2. The predicted octanol–water partition coefficient (Wildman–Crippen LogP) is 4.04. The van der Waals surface area contributed by atoms with Crippen LogP contribution in [0, 0.1) is 5.92 Å². The lowest BCUT2D eigenvalue weighted by Gasteiger charge is -2.29. The Balaban J connectivity index is 0.00000200. The van der Waals surface area contributed by atoms with Gasteiger partial charge in [-0.15, -0.1) is 12.4 Å². The number of carbonyl (C=O) groups is 1. The molecule has 0 radical (unpaired) electrons. The lowest BCUT2D eigenvalue weighted by atomic mass is 9.84. The van der Waals surface area contributed by atoms with Crippen LogP contribution in [0.25, 0.3) is 0 Å². The molecule has 112 valence electrons. The van der Waals surface area contributed by atoms with E-state index in [9.17, 15) is 4.79 Å². The standard InChI is InChI=1S/C15H21ClN2O.ClH/c1-2-10-4-3-5-12(8-10)18-15(19)13-7-6-11(17)9-14(13)16;/h6-7,9-10,12H,2-5,8,17H2,1H3,(H,18,19);1H. The maximum absolute atomic E-state index is 12.2. The van der Waals surface area contributed by atoms with Gasteiger partial charge in [0.15, 0.2) is 0 Å². The van der Waals surface area contributed by atoms with Crippen molar-refractivity contribution >= 4 is 35.6 Å². The summed E-state index contributed by atoms with van der Waals surface area (Å²) in [4.78, 5) is 12.2. The molecule has 1 aliphatic carbocycles. The maximum atomic E-state index is 12.2. The summed E-state index contributed by atoms with van der Waals surface area (Å²) >= 11 is 6.06. The van der Waals surface area contributed by atoms with E-state index in [0.717, 1.165) is 18.8 Å². The number of benzene rings is 1. The third kappa shape index (κ3) is 4.29. The zero-order chi connectivity index (χ0) is 13.8. The highest BCUT2D eigenvalue weighted by atomic mass is 35.5. The maximum Gasteiger partial charge on any atom is 0.253 e. The van der Waals surface area contributed by atoms with Gasteiger partial charge in [0.25, 0.3) is 5.91 Å². The van der Waals surface area contributed by atoms with Crippen LogP contribution in [0.2, 0.25) is 5.02 Å². The highest BCUT2D eigenvalue weighted by Gasteiger charge is 2.23. The first kappa shape index (κ1) is 17.1. The Morgan fingerprint density at radius 2 is 2.20 bits per heavy atom. The van der Waals surface area contributed by atoms with Crippen molar-refractivity contribution < 1.29 is 4.79 Å². The molecule has 1 aromatic rings. The Kier molecular flexibility index (Phi) is 6.63. The van der Waals surface area contributed by atoms with Gasteiger partial charge >= 0.3 is 0 Å². The van der Waals surface area contributed by atoms with E-state index in [-0.39, 0.29) is 24.4 Å². The molecule has 2 rings (SSSR count). The molecule has 1 amide bonds. The van der Waals surface area contributed by atoms with Crippen LogP contribution in [0.1, 0.15) is 49.4 Å². The number of nitrogens with one attached hydrogen (secondary N) is 1. The van der Waals surface area contributed by atoms with E-state index in [0.29, 0.717) is 16.3 Å². The average Bonchev–Trinajstić information content (AvgIpc) is 2.38.